The zero-order valence-corrected chi connectivity index (χ0v) is 30.3. The Kier molecular flexibility index (Phi) is 8.21. The second kappa shape index (κ2) is 12.4. The van der Waals surface area contributed by atoms with Gasteiger partial charge in [0.1, 0.15) is 30.4 Å². The summed E-state index contributed by atoms with van der Waals surface area (Å²) in [5.41, 5.74) is 5.85. The van der Waals surface area contributed by atoms with Gasteiger partial charge in [-0.3, -0.25) is 18.4 Å². The van der Waals surface area contributed by atoms with E-state index in [1.807, 2.05) is 8.80 Å². The number of aryl methyl sites for hydroxylation is 4. The van der Waals surface area contributed by atoms with Gasteiger partial charge >= 0.3 is 0 Å². The van der Waals surface area contributed by atoms with E-state index < -0.39 is 0 Å². The molecule has 8 aromatic rings. The number of nitrogens with zero attached hydrogens (tertiary/aromatic N) is 4. The van der Waals surface area contributed by atoms with Crippen molar-refractivity contribution in [1.29, 1.82) is 0 Å². The van der Waals surface area contributed by atoms with Gasteiger partial charge in [0.05, 0.1) is 11.0 Å². The van der Waals surface area contributed by atoms with Gasteiger partial charge in [-0.05, 0) is 62.8 Å². The number of thiophene rings is 3. The zero-order valence-electron chi connectivity index (χ0n) is 27.9. The Morgan fingerprint density at radius 3 is 1.38 bits per heavy atom. The highest BCUT2D eigenvalue weighted by Gasteiger charge is 2.30. The lowest BCUT2D eigenvalue weighted by Crippen LogP contribution is -2.14. The van der Waals surface area contributed by atoms with Crippen molar-refractivity contribution >= 4 is 96.9 Å². The second-order valence-corrected chi connectivity index (χ2v) is 17.0. The van der Waals surface area contributed by atoms with E-state index >= 15 is 0 Å². The summed E-state index contributed by atoms with van der Waals surface area (Å²) < 4.78 is 5.07. The van der Waals surface area contributed by atoms with Crippen LogP contribution in [0.25, 0.3) is 62.9 Å². The first kappa shape index (κ1) is 31.1. The lowest BCUT2D eigenvalue weighted by Gasteiger charge is -2.18. The van der Waals surface area contributed by atoms with Crippen LogP contribution in [0.15, 0.2) is 21.7 Å². The van der Waals surface area contributed by atoms with Gasteiger partial charge < -0.3 is 0 Å². The zero-order chi connectivity index (χ0) is 32.4. The molecule has 0 aliphatic rings. The van der Waals surface area contributed by atoms with E-state index in [9.17, 15) is 9.59 Å². The molecule has 0 fully saturated rings. The van der Waals surface area contributed by atoms with E-state index in [2.05, 4.69) is 39.8 Å². The van der Waals surface area contributed by atoms with E-state index in [0.717, 1.165) is 89.0 Å². The van der Waals surface area contributed by atoms with E-state index in [1.54, 1.807) is 22.7 Å². The number of imidazole rings is 2. The molecule has 0 saturated carbocycles. The molecule has 0 aliphatic carbocycles. The summed E-state index contributed by atoms with van der Waals surface area (Å²) in [5, 5.41) is 4.09. The number of fused-ring (bicyclic) bond motifs is 8. The molecule has 0 amide bonds. The molecule has 6 nitrogen and oxygen atoms in total. The van der Waals surface area contributed by atoms with E-state index in [0.29, 0.717) is 9.40 Å². The Balaban J connectivity index is 1.46. The standard InChI is InChI=1S/C38H42N4O2S3/c1-5-7-9-11-13-15-17-23-24(18-16-14-12-10-8-6-2)28-30-29-27(23)33-39-35-25(19-21(3)45-35)41(33)37(43)31(29)47-32(30)38(44)42-26-20-22(4)46-36(26)40-34(28)42/h19-20H,5-18H2,1-4H3. The molecule has 8 rings (SSSR count). The smallest absolute Gasteiger partial charge is 0.267 e. The molecular weight excluding hydrogens is 641 g/mol. The topological polar surface area (TPSA) is 68.7 Å². The van der Waals surface area contributed by atoms with Gasteiger partial charge in [0.2, 0.25) is 0 Å². The first-order valence-corrected chi connectivity index (χ1v) is 20.1. The van der Waals surface area contributed by atoms with Gasteiger partial charge in [0.25, 0.3) is 11.1 Å². The first-order valence-electron chi connectivity index (χ1n) is 17.6. The van der Waals surface area contributed by atoms with Crippen molar-refractivity contribution in [3.8, 4) is 0 Å². The molecule has 7 heterocycles. The van der Waals surface area contributed by atoms with Crippen LogP contribution in [0.1, 0.15) is 112 Å². The number of benzene rings is 1. The SMILES string of the molecule is CCCCCCCCc1c(CCCCCCCC)c2c3c(sc4c(=O)n5c6cc(C)sc6nc5c1c43)c(=O)n1c3cc(C)sc3nc21. The van der Waals surface area contributed by atoms with Crippen LogP contribution in [0.2, 0.25) is 0 Å². The summed E-state index contributed by atoms with van der Waals surface area (Å²) in [6, 6.07) is 4.19. The highest BCUT2D eigenvalue weighted by Crippen LogP contribution is 2.46. The Morgan fingerprint density at radius 1 is 0.553 bits per heavy atom. The quantitative estimate of drug-likeness (QED) is 0.0845. The Hall–Kier alpha value is -3.14. The average Bonchev–Trinajstić information content (AvgIpc) is 3.84. The normalized spacial score (nSPS) is 12.8. The van der Waals surface area contributed by atoms with Crippen molar-refractivity contribution < 1.29 is 0 Å². The molecule has 0 unspecified atom stereocenters. The minimum Gasteiger partial charge on any atom is -0.267 e. The third-order valence-electron chi connectivity index (χ3n) is 10.1. The van der Waals surface area contributed by atoms with Gasteiger partial charge in [-0.2, -0.15) is 0 Å². The van der Waals surface area contributed by atoms with Crippen LogP contribution in [0.5, 0.6) is 0 Å². The maximum atomic E-state index is 14.4. The summed E-state index contributed by atoms with van der Waals surface area (Å²) in [7, 11) is 0. The third-order valence-corrected chi connectivity index (χ3v) is 13.2. The number of rotatable bonds is 14. The van der Waals surface area contributed by atoms with Crippen molar-refractivity contribution in [1.82, 2.24) is 18.8 Å². The predicted octanol–water partition coefficient (Wildman–Crippen LogP) is 11.0. The van der Waals surface area contributed by atoms with Gasteiger partial charge in [0, 0.05) is 31.3 Å². The summed E-state index contributed by atoms with van der Waals surface area (Å²) >= 11 is 4.69. The molecule has 7 aromatic heterocycles. The number of pyridine rings is 2. The highest BCUT2D eigenvalue weighted by atomic mass is 32.1. The van der Waals surface area contributed by atoms with Crippen LogP contribution in [0.4, 0.5) is 0 Å². The Morgan fingerprint density at radius 2 is 0.957 bits per heavy atom. The number of unbranched alkanes of at least 4 members (excludes halogenated alkanes) is 10. The van der Waals surface area contributed by atoms with Crippen LogP contribution < -0.4 is 11.1 Å². The Labute approximate surface area is 285 Å². The maximum absolute atomic E-state index is 14.4. The third kappa shape index (κ3) is 4.90. The fraction of sp³-hybridized carbons (Fsp3) is 0.474. The van der Waals surface area contributed by atoms with Crippen LogP contribution in [-0.2, 0) is 12.8 Å². The van der Waals surface area contributed by atoms with Crippen molar-refractivity contribution in [3.05, 3.63) is 53.7 Å². The molecule has 47 heavy (non-hydrogen) atoms. The summed E-state index contributed by atoms with van der Waals surface area (Å²) in [4.78, 5) is 43.4. The highest BCUT2D eigenvalue weighted by molar-refractivity contribution is 7.26. The summed E-state index contributed by atoms with van der Waals surface area (Å²) in [5.74, 6) is 0. The molecule has 0 N–H and O–H groups in total. The van der Waals surface area contributed by atoms with Crippen LogP contribution in [0.3, 0.4) is 0 Å². The molecule has 0 aliphatic heterocycles. The molecule has 244 valence electrons. The van der Waals surface area contributed by atoms with Crippen molar-refractivity contribution in [2.24, 2.45) is 0 Å². The van der Waals surface area contributed by atoms with Gasteiger partial charge in [-0.15, -0.1) is 34.0 Å². The van der Waals surface area contributed by atoms with Gasteiger partial charge in [-0.25, -0.2) is 9.97 Å². The van der Waals surface area contributed by atoms with Gasteiger partial charge in [0.15, 0.2) is 0 Å². The number of hydrogen-bond donors (Lipinski definition) is 0. The number of hydrogen-bond acceptors (Lipinski definition) is 7. The molecule has 9 heteroatoms. The van der Waals surface area contributed by atoms with Crippen molar-refractivity contribution in [2.45, 2.75) is 118 Å². The van der Waals surface area contributed by atoms with Gasteiger partial charge in [-0.1, -0.05) is 78.1 Å². The molecule has 0 radical (unpaired) electrons. The molecule has 0 spiro atoms. The van der Waals surface area contributed by atoms with Crippen molar-refractivity contribution in [2.75, 3.05) is 0 Å². The van der Waals surface area contributed by atoms with Crippen LogP contribution in [-0.4, -0.2) is 18.8 Å². The van der Waals surface area contributed by atoms with Crippen molar-refractivity contribution in [3.63, 3.8) is 0 Å². The maximum Gasteiger partial charge on any atom is 0.274 e. The fourth-order valence-corrected chi connectivity index (χ4v) is 10.8. The van der Waals surface area contributed by atoms with E-state index in [1.165, 1.54) is 86.7 Å². The first-order chi connectivity index (χ1) is 22.9. The molecular formula is C38H42N4O2S3. The average molecular weight is 683 g/mol. The molecule has 0 bridgehead atoms. The monoisotopic (exact) mass is 682 g/mol. The summed E-state index contributed by atoms with van der Waals surface area (Å²) in [6.07, 6.45) is 16.6. The predicted molar refractivity (Wildman–Crippen MR) is 204 cm³/mol. The molecule has 1 aromatic carbocycles. The lowest BCUT2D eigenvalue weighted by atomic mass is 9.87. The molecule has 0 atom stereocenters. The van der Waals surface area contributed by atoms with E-state index in [-0.39, 0.29) is 11.1 Å². The largest absolute Gasteiger partial charge is 0.274 e. The minimum absolute atomic E-state index is 0.0574. The van der Waals surface area contributed by atoms with Crippen LogP contribution >= 0.6 is 34.0 Å². The molecule has 0 saturated heterocycles. The summed E-state index contributed by atoms with van der Waals surface area (Å²) in [6.45, 7) is 8.68. The Bertz CT molecular complexity index is 2360. The lowest BCUT2D eigenvalue weighted by molar-refractivity contribution is 0.600. The minimum atomic E-state index is -0.0574. The second-order valence-electron chi connectivity index (χ2n) is 13.5. The van der Waals surface area contributed by atoms with E-state index in [4.69, 9.17) is 9.97 Å². The van der Waals surface area contributed by atoms with Crippen LogP contribution in [0, 0.1) is 13.8 Å². The fourth-order valence-electron chi connectivity index (χ4n) is 7.95. The number of aromatic nitrogens is 4.